The van der Waals surface area contributed by atoms with Gasteiger partial charge in [-0.2, -0.15) is 0 Å². The lowest BCUT2D eigenvalue weighted by Crippen LogP contribution is -2.07. The molecule has 0 unspecified atom stereocenters. The van der Waals surface area contributed by atoms with Gasteiger partial charge >= 0.3 is 5.97 Å². The minimum Gasteiger partial charge on any atom is -0.461 e. The smallest absolute Gasteiger partial charge is 0.355 e. The molecule has 0 aliphatic carbocycles. The fraction of sp³-hybridized carbons (Fsp3) is 0.600. The van der Waals surface area contributed by atoms with E-state index in [0.29, 0.717) is 29.8 Å². The number of aromatic nitrogens is 1. The first-order valence-electron chi connectivity index (χ1n) is 6.98. The Hall–Kier alpha value is -1.10. The van der Waals surface area contributed by atoms with Crippen LogP contribution in [-0.4, -0.2) is 28.7 Å². The van der Waals surface area contributed by atoms with E-state index in [0.717, 1.165) is 30.3 Å². The van der Waals surface area contributed by atoms with Crippen molar-refractivity contribution in [2.45, 2.75) is 46.5 Å². The lowest BCUT2D eigenvalue weighted by molar-refractivity contribution is 0.0519. The molecular formula is C15H22BrNO3. The van der Waals surface area contributed by atoms with Crippen molar-refractivity contribution in [3.05, 3.63) is 22.5 Å². The average molecular weight is 344 g/mol. The lowest BCUT2D eigenvalue weighted by atomic mass is 10.0. The zero-order valence-electron chi connectivity index (χ0n) is 12.3. The molecule has 1 aromatic heterocycles. The molecule has 0 aliphatic rings. The fourth-order valence-electron chi connectivity index (χ4n) is 2.26. The highest BCUT2D eigenvalue weighted by atomic mass is 79.9. The van der Waals surface area contributed by atoms with Crippen molar-refractivity contribution in [2.75, 3.05) is 11.9 Å². The molecule has 0 spiro atoms. The Labute approximate surface area is 128 Å². The molecule has 112 valence electrons. The van der Waals surface area contributed by atoms with E-state index in [2.05, 4.69) is 20.9 Å². The Balaban J connectivity index is 2.80. The van der Waals surface area contributed by atoms with Crippen molar-refractivity contribution in [1.82, 2.24) is 4.98 Å². The van der Waals surface area contributed by atoms with E-state index in [1.54, 1.807) is 13.8 Å². The molecule has 1 rings (SSSR count). The molecule has 20 heavy (non-hydrogen) atoms. The molecule has 0 atom stereocenters. The summed E-state index contributed by atoms with van der Waals surface area (Å²) in [6.07, 6.45) is 3.51. The van der Waals surface area contributed by atoms with Gasteiger partial charge in [-0.15, -0.1) is 0 Å². The van der Waals surface area contributed by atoms with Crippen LogP contribution >= 0.6 is 15.9 Å². The van der Waals surface area contributed by atoms with Gasteiger partial charge in [0.15, 0.2) is 5.78 Å². The molecule has 0 aliphatic heterocycles. The van der Waals surface area contributed by atoms with E-state index in [4.69, 9.17) is 4.74 Å². The number of hydrogen-bond donors (Lipinski definition) is 1. The van der Waals surface area contributed by atoms with Crippen LogP contribution in [0.3, 0.4) is 0 Å². The van der Waals surface area contributed by atoms with Gasteiger partial charge in [-0.05, 0) is 39.2 Å². The van der Waals surface area contributed by atoms with Crippen molar-refractivity contribution < 1.29 is 14.3 Å². The van der Waals surface area contributed by atoms with Crippen LogP contribution in [0.5, 0.6) is 0 Å². The van der Waals surface area contributed by atoms with E-state index in [1.807, 2.05) is 6.92 Å². The molecule has 0 bridgehead atoms. The summed E-state index contributed by atoms with van der Waals surface area (Å²) in [6.45, 7) is 5.70. The molecule has 1 aromatic rings. The Bertz CT molecular complexity index is 480. The number of ether oxygens (including phenoxy) is 1. The first kappa shape index (κ1) is 17.0. The van der Waals surface area contributed by atoms with Crippen LogP contribution in [0, 0.1) is 13.8 Å². The van der Waals surface area contributed by atoms with Crippen LogP contribution in [0.4, 0.5) is 0 Å². The van der Waals surface area contributed by atoms with Gasteiger partial charge < -0.3 is 9.72 Å². The number of unbranched alkanes of at least 4 members (excludes halogenated alkanes) is 2. The second-order valence-electron chi connectivity index (χ2n) is 4.77. The fourth-order valence-corrected chi connectivity index (χ4v) is 2.65. The number of carbonyl (C=O) groups excluding carboxylic acids is 2. The lowest BCUT2D eigenvalue weighted by Gasteiger charge is -2.03. The quantitative estimate of drug-likeness (QED) is 0.336. The summed E-state index contributed by atoms with van der Waals surface area (Å²) in [5.74, 6) is -0.298. The maximum atomic E-state index is 12.3. The van der Waals surface area contributed by atoms with Gasteiger partial charge in [0.2, 0.25) is 0 Å². The van der Waals surface area contributed by atoms with Crippen molar-refractivity contribution in [2.24, 2.45) is 0 Å². The van der Waals surface area contributed by atoms with E-state index >= 15 is 0 Å². The summed E-state index contributed by atoms with van der Waals surface area (Å²) >= 11 is 3.38. The van der Waals surface area contributed by atoms with E-state index in [9.17, 15) is 9.59 Å². The third-order valence-corrected chi connectivity index (χ3v) is 3.79. The number of aromatic amines is 1. The first-order chi connectivity index (χ1) is 9.52. The van der Waals surface area contributed by atoms with Gasteiger partial charge in [-0.25, -0.2) is 4.79 Å². The number of carbonyl (C=O) groups is 2. The van der Waals surface area contributed by atoms with Crippen LogP contribution in [-0.2, 0) is 4.74 Å². The largest absolute Gasteiger partial charge is 0.461 e. The summed E-state index contributed by atoms with van der Waals surface area (Å²) < 4.78 is 4.98. The van der Waals surface area contributed by atoms with E-state index in [-0.39, 0.29) is 5.78 Å². The molecule has 0 aromatic carbocycles. The predicted molar refractivity (Wildman–Crippen MR) is 82.8 cm³/mol. The number of H-pyrrole nitrogens is 1. The predicted octanol–water partition coefficient (Wildman–Crippen LogP) is 3.95. The summed E-state index contributed by atoms with van der Waals surface area (Å²) in [6, 6.07) is 0. The molecule has 0 amide bonds. The van der Waals surface area contributed by atoms with Crippen molar-refractivity contribution in [3.8, 4) is 0 Å². The average Bonchev–Trinajstić information content (AvgIpc) is 2.70. The maximum Gasteiger partial charge on any atom is 0.355 e. The molecule has 4 nitrogen and oxygen atoms in total. The standard InChI is InChI=1S/C15H22BrNO3/c1-4-20-15(19)14-10(2)13(11(3)17-14)12(18)8-6-5-7-9-16/h17H,4-9H2,1-3H3. The SMILES string of the molecule is CCOC(=O)c1[nH]c(C)c(C(=O)CCCCCBr)c1C. The Morgan fingerprint density at radius 3 is 2.50 bits per heavy atom. The van der Waals surface area contributed by atoms with Crippen LogP contribution in [0.25, 0.3) is 0 Å². The Kier molecular flexibility index (Phi) is 6.99. The van der Waals surface area contributed by atoms with Crippen LogP contribution in [0.2, 0.25) is 0 Å². The molecule has 1 heterocycles. The molecule has 5 heteroatoms. The van der Waals surface area contributed by atoms with Crippen molar-refractivity contribution in [1.29, 1.82) is 0 Å². The van der Waals surface area contributed by atoms with Gasteiger partial charge in [-0.3, -0.25) is 4.79 Å². The maximum absolute atomic E-state index is 12.3. The molecule has 0 radical (unpaired) electrons. The van der Waals surface area contributed by atoms with Crippen LogP contribution < -0.4 is 0 Å². The highest BCUT2D eigenvalue weighted by Crippen LogP contribution is 2.21. The van der Waals surface area contributed by atoms with Gasteiger partial charge in [0, 0.05) is 23.0 Å². The summed E-state index contributed by atoms with van der Waals surface area (Å²) in [5, 5.41) is 0.969. The number of aryl methyl sites for hydroxylation is 1. The molecule has 0 saturated carbocycles. The Morgan fingerprint density at radius 1 is 1.20 bits per heavy atom. The molecular weight excluding hydrogens is 322 g/mol. The minimum atomic E-state index is -0.397. The highest BCUT2D eigenvalue weighted by molar-refractivity contribution is 9.09. The molecule has 1 N–H and O–H groups in total. The highest BCUT2D eigenvalue weighted by Gasteiger charge is 2.22. The van der Waals surface area contributed by atoms with Gasteiger partial charge in [0.25, 0.3) is 0 Å². The Morgan fingerprint density at radius 2 is 1.90 bits per heavy atom. The number of rotatable bonds is 8. The second-order valence-corrected chi connectivity index (χ2v) is 5.56. The zero-order valence-corrected chi connectivity index (χ0v) is 13.9. The minimum absolute atomic E-state index is 0.0985. The number of Topliss-reactive ketones (excluding diaryl/α,β-unsaturated/α-hetero) is 1. The van der Waals surface area contributed by atoms with E-state index < -0.39 is 5.97 Å². The third kappa shape index (κ3) is 4.20. The second kappa shape index (κ2) is 8.25. The van der Waals surface area contributed by atoms with Gasteiger partial charge in [0.1, 0.15) is 5.69 Å². The molecule has 0 fully saturated rings. The van der Waals surface area contributed by atoms with Crippen LogP contribution in [0.15, 0.2) is 0 Å². The normalized spacial score (nSPS) is 10.6. The number of esters is 1. The van der Waals surface area contributed by atoms with E-state index in [1.165, 1.54) is 0 Å². The summed E-state index contributed by atoms with van der Waals surface area (Å²) in [5.41, 5.74) is 2.49. The summed E-state index contributed by atoms with van der Waals surface area (Å²) in [4.78, 5) is 27.0. The van der Waals surface area contributed by atoms with Gasteiger partial charge in [-0.1, -0.05) is 22.4 Å². The third-order valence-electron chi connectivity index (χ3n) is 3.23. The summed E-state index contributed by atoms with van der Waals surface area (Å²) in [7, 11) is 0. The number of ketones is 1. The van der Waals surface area contributed by atoms with Crippen molar-refractivity contribution in [3.63, 3.8) is 0 Å². The number of nitrogens with one attached hydrogen (secondary N) is 1. The van der Waals surface area contributed by atoms with Crippen LogP contribution in [0.1, 0.15) is 64.7 Å². The first-order valence-corrected chi connectivity index (χ1v) is 8.10. The molecule has 0 saturated heterocycles. The van der Waals surface area contributed by atoms with Gasteiger partial charge in [0.05, 0.1) is 6.61 Å². The number of alkyl halides is 1. The zero-order chi connectivity index (χ0) is 15.1. The van der Waals surface area contributed by atoms with Crippen molar-refractivity contribution >= 4 is 27.7 Å². The number of hydrogen-bond acceptors (Lipinski definition) is 3. The topological polar surface area (TPSA) is 59.2 Å². The number of halogens is 1. The monoisotopic (exact) mass is 343 g/mol.